The molecule has 1 heterocycles. The second kappa shape index (κ2) is 16.9. The monoisotopic (exact) mass is 435 g/mol. The first-order valence-corrected chi connectivity index (χ1v) is 13.9. The standard InChI is InChI=1S/C21H42NO4PS/c1-3-4-5-6-7-8-9-10-11-12-13-14-15-16-21(23)22-17-19-25-27(28,24-2)26-20-18-22/h3-20H2,1-2H3. The van der Waals surface area contributed by atoms with E-state index in [1.807, 2.05) is 4.90 Å². The van der Waals surface area contributed by atoms with Gasteiger partial charge >= 0.3 is 0 Å². The van der Waals surface area contributed by atoms with E-state index < -0.39 is 7.15 Å². The molecule has 0 saturated carbocycles. The molecule has 0 bridgehead atoms. The highest BCUT2D eigenvalue weighted by atomic mass is 32.7. The molecule has 5 nitrogen and oxygen atoms in total. The molecule has 0 aromatic rings. The van der Waals surface area contributed by atoms with Crippen LogP contribution < -0.4 is 0 Å². The molecule has 1 rings (SSSR count). The SMILES string of the molecule is CCCCCCCCCCCCCCCC(=O)N1CCO[P+]([S-])(OC)OCC1. The first kappa shape index (κ1) is 26.2. The van der Waals surface area contributed by atoms with E-state index >= 15 is 0 Å². The fraction of sp³-hybridized carbons (Fsp3) is 0.952. The van der Waals surface area contributed by atoms with Crippen LogP contribution >= 0.6 is 7.15 Å². The Kier molecular flexibility index (Phi) is 15.8. The quantitative estimate of drug-likeness (QED) is 0.174. The lowest BCUT2D eigenvalue weighted by atomic mass is 10.0. The van der Waals surface area contributed by atoms with Crippen molar-refractivity contribution in [3.63, 3.8) is 0 Å². The normalized spacial score (nSPS) is 17.3. The first-order chi connectivity index (χ1) is 13.6. The van der Waals surface area contributed by atoms with Crippen molar-refractivity contribution in [2.75, 3.05) is 33.4 Å². The third-order valence-corrected chi connectivity index (χ3v) is 7.82. The van der Waals surface area contributed by atoms with Crippen LogP contribution in [0.3, 0.4) is 0 Å². The molecule has 28 heavy (non-hydrogen) atoms. The molecule has 0 aliphatic carbocycles. The van der Waals surface area contributed by atoms with Crippen LogP contribution in [-0.2, 0) is 30.6 Å². The minimum Gasteiger partial charge on any atom is -0.459 e. The maximum atomic E-state index is 12.4. The predicted molar refractivity (Wildman–Crippen MR) is 120 cm³/mol. The van der Waals surface area contributed by atoms with Gasteiger partial charge in [-0.25, -0.2) is 4.52 Å². The Labute approximate surface area is 179 Å². The van der Waals surface area contributed by atoms with Crippen LogP contribution in [0.4, 0.5) is 0 Å². The van der Waals surface area contributed by atoms with Gasteiger partial charge < -0.3 is 17.1 Å². The van der Waals surface area contributed by atoms with Gasteiger partial charge in [0, 0.05) is 19.5 Å². The molecule has 7 heteroatoms. The average molecular weight is 436 g/mol. The highest BCUT2D eigenvalue weighted by Gasteiger charge is 2.30. The van der Waals surface area contributed by atoms with Gasteiger partial charge in [-0.1, -0.05) is 84.0 Å². The van der Waals surface area contributed by atoms with Crippen molar-refractivity contribution in [1.82, 2.24) is 4.90 Å². The van der Waals surface area contributed by atoms with Gasteiger partial charge in [-0.3, -0.25) is 4.79 Å². The number of hydrogen-bond acceptors (Lipinski definition) is 5. The van der Waals surface area contributed by atoms with Crippen LogP contribution in [0.2, 0.25) is 0 Å². The Hall–Kier alpha value is 0.130. The summed E-state index contributed by atoms with van der Waals surface area (Å²) < 4.78 is 16.2. The highest BCUT2D eigenvalue weighted by molar-refractivity contribution is 8.35. The van der Waals surface area contributed by atoms with Crippen LogP contribution in [0.1, 0.15) is 96.8 Å². The van der Waals surface area contributed by atoms with E-state index in [4.69, 9.17) is 25.8 Å². The molecule has 0 spiro atoms. The second-order valence-corrected chi connectivity index (χ2v) is 10.8. The van der Waals surface area contributed by atoms with Crippen LogP contribution in [0.25, 0.3) is 0 Å². The van der Waals surface area contributed by atoms with E-state index in [1.54, 1.807) is 0 Å². The largest absolute Gasteiger partial charge is 0.459 e. The number of rotatable bonds is 15. The molecule has 1 aliphatic heterocycles. The molecule has 1 amide bonds. The number of nitrogens with zero attached hydrogens (tertiary/aromatic N) is 1. The van der Waals surface area contributed by atoms with Crippen molar-refractivity contribution in [3.8, 4) is 0 Å². The summed E-state index contributed by atoms with van der Waals surface area (Å²) in [6, 6.07) is 0. The zero-order valence-corrected chi connectivity index (χ0v) is 19.9. The Bertz CT molecular complexity index is 391. The molecule has 1 fully saturated rings. The molecular formula is C21H42NO4PS. The molecule has 0 unspecified atom stereocenters. The van der Waals surface area contributed by atoms with Crippen molar-refractivity contribution in [2.24, 2.45) is 0 Å². The molecule has 0 aromatic heterocycles. The predicted octanol–water partition coefficient (Wildman–Crippen LogP) is 6.21. The Morgan fingerprint density at radius 3 is 1.71 bits per heavy atom. The topological polar surface area (TPSA) is 48.0 Å². The van der Waals surface area contributed by atoms with Crippen molar-refractivity contribution in [1.29, 1.82) is 0 Å². The number of hydrogen-bond donors (Lipinski definition) is 0. The molecular weight excluding hydrogens is 393 g/mol. The van der Waals surface area contributed by atoms with E-state index in [9.17, 15) is 4.79 Å². The first-order valence-electron chi connectivity index (χ1n) is 11.3. The van der Waals surface area contributed by atoms with Crippen molar-refractivity contribution in [3.05, 3.63) is 0 Å². The molecule has 0 radical (unpaired) electrons. The van der Waals surface area contributed by atoms with E-state index in [0.29, 0.717) is 32.7 Å². The van der Waals surface area contributed by atoms with Gasteiger partial charge in [0.1, 0.15) is 13.2 Å². The molecule has 1 saturated heterocycles. The lowest BCUT2D eigenvalue weighted by Gasteiger charge is -2.31. The van der Waals surface area contributed by atoms with Crippen LogP contribution in [-0.4, -0.2) is 44.2 Å². The van der Waals surface area contributed by atoms with Gasteiger partial charge in [-0.15, -0.1) is 0 Å². The number of amides is 1. The van der Waals surface area contributed by atoms with E-state index in [-0.39, 0.29) is 5.91 Å². The fourth-order valence-corrected chi connectivity index (χ4v) is 4.82. The Balaban J connectivity index is 1.94. The van der Waals surface area contributed by atoms with Gasteiger partial charge in [-0.05, 0) is 6.42 Å². The smallest absolute Gasteiger partial charge is 0.289 e. The zero-order chi connectivity index (χ0) is 20.5. The number of unbranched alkanes of at least 4 members (excludes halogenated alkanes) is 12. The van der Waals surface area contributed by atoms with Gasteiger partial charge in [0.2, 0.25) is 5.91 Å². The van der Waals surface area contributed by atoms with E-state index in [0.717, 1.165) is 12.8 Å². The summed E-state index contributed by atoms with van der Waals surface area (Å²) in [5, 5.41) is 0. The summed E-state index contributed by atoms with van der Waals surface area (Å²) >= 11 is 5.21. The van der Waals surface area contributed by atoms with Crippen LogP contribution in [0, 0.1) is 0 Å². The molecule has 166 valence electrons. The second-order valence-electron chi connectivity index (χ2n) is 7.67. The van der Waals surface area contributed by atoms with Crippen molar-refractivity contribution >= 4 is 25.3 Å². The fourth-order valence-electron chi connectivity index (χ4n) is 3.48. The minimum absolute atomic E-state index is 0.197. The summed E-state index contributed by atoms with van der Waals surface area (Å²) in [5.41, 5.74) is 0. The van der Waals surface area contributed by atoms with Gasteiger partial charge in [0.05, 0.1) is 7.11 Å². The molecule has 0 aromatic carbocycles. The molecule has 1 aliphatic rings. The molecule has 0 atom stereocenters. The van der Waals surface area contributed by atoms with Crippen molar-refractivity contribution in [2.45, 2.75) is 96.8 Å². The van der Waals surface area contributed by atoms with Crippen LogP contribution in [0.5, 0.6) is 0 Å². The van der Waals surface area contributed by atoms with E-state index in [1.165, 1.54) is 77.7 Å². The van der Waals surface area contributed by atoms with E-state index in [2.05, 4.69) is 6.92 Å². The minimum atomic E-state index is -2.58. The summed E-state index contributed by atoms with van der Waals surface area (Å²) in [6.07, 6.45) is 17.8. The van der Waals surface area contributed by atoms with Gasteiger partial charge in [-0.2, -0.15) is 9.05 Å². The Morgan fingerprint density at radius 1 is 0.857 bits per heavy atom. The Morgan fingerprint density at radius 2 is 1.29 bits per heavy atom. The van der Waals surface area contributed by atoms with Gasteiger partial charge in [0.25, 0.3) is 7.15 Å². The number of carbonyl (C=O) groups excluding carboxylic acids is 1. The maximum absolute atomic E-state index is 12.4. The van der Waals surface area contributed by atoms with Crippen molar-refractivity contribution < 1.29 is 18.4 Å². The summed E-state index contributed by atoms with van der Waals surface area (Å²) in [5.74, 6) is 0.197. The van der Waals surface area contributed by atoms with Crippen LogP contribution in [0.15, 0.2) is 0 Å². The third-order valence-electron chi connectivity index (χ3n) is 5.29. The number of carbonyl (C=O) groups is 1. The maximum Gasteiger partial charge on any atom is 0.289 e. The van der Waals surface area contributed by atoms with Gasteiger partial charge in [0.15, 0.2) is 0 Å². The lowest BCUT2D eigenvalue weighted by molar-refractivity contribution is -0.132. The summed E-state index contributed by atoms with van der Waals surface area (Å²) in [6.45, 7) is 4.18. The zero-order valence-electron chi connectivity index (χ0n) is 18.2. The third kappa shape index (κ3) is 12.6. The summed E-state index contributed by atoms with van der Waals surface area (Å²) in [7, 11) is -1.06. The summed E-state index contributed by atoms with van der Waals surface area (Å²) in [4.78, 5) is 14.2. The highest BCUT2D eigenvalue weighted by Crippen LogP contribution is 2.59. The lowest BCUT2D eigenvalue weighted by Crippen LogP contribution is -2.38. The molecule has 0 N–H and O–H groups in total. The average Bonchev–Trinajstić information content (AvgIpc) is 2.68.